The second-order valence-electron chi connectivity index (χ2n) is 3.42. The fourth-order valence-electron chi connectivity index (χ4n) is 1.29. The second kappa shape index (κ2) is 21.5. The number of rotatable bonds is 6. The number of carbonyl (C=O) groups is 2. The van der Waals surface area contributed by atoms with E-state index in [9.17, 15) is 9.59 Å². The van der Waals surface area contributed by atoms with Crippen molar-refractivity contribution in [3.05, 3.63) is 62.4 Å². The summed E-state index contributed by atoms with van der Waals surface area (Å²) in [6.45, 7) is 7.33. The molecule has 1 rings (SSSR count). The smallest absolute Gasteiger partial charge is 0.465 e. The number of aliphatic hydroxyl groups excluding tert-OH is 2. The van der Waals surface area contributed by atoms with E-state index in [-0.39, 0.29) is 53.5 Å². The Bertz CT molecular complexity index is 448. The zero-order valence-corrected chi connectivity index (χ0v) is 16.0. The zero-order valence-electron chi connectivity index (χ0n) is 14.4. The Morgan fingerprint density at radius 2 is 1.50 bits per heavy atom. The van der Waals surface area contributed by atoms with Crippen LogP contribution in [0.3, 0.4) is 0 Å². The minimum atomic E-state index is -0.572. The molecule has 24 heavy (non-hydrogen) atoms. The van der Waals surface area contributed by atoms with E-state index >= 15 is 0 Å². The van der Waals surface area contributed by atoms with E-state index in [1.807, 2.05) is 0 Å². The predicted molar refractivity (Wildman–Crippen MR) is 89.9 cm³/mol. The molecule has 0 aliphatic heterocycles. The number of carbonyl (C=O) groups excluding carboxylic acids is 2. The molecule has 0 saturated carbocycles. The van der Waals surface area contributed by atoms with E-state index in [1.54, 1.807) is 12.1 Å². The van der Waals surface area contributed by atoms with Crippen molar-refractivity contribution in [2.75, 3.05) is 27.4 Å². The fourth-order valence-corrected chi connectivity index (χ4v) is 1.29. The van der Waals surface area contributed by atoms with Crippen molar-refractivity contribution >= 4 is 11.9 Å². The molecular weight excluding hydrogens is 348 g/mol. The van der Waals surface area contributed by atoms with Crippen molar-refractivity contribution in [3.63, 3.8) is 0 Å². The van der Waals surface area contributed by atoms with Crippen LogP contribution in [-0.4, -0.2) is 49.6 Å². The standard InChI is InChI=1S/C14H15O4.2CH4O.CH3.Ti/c1-3-9-17-13(15)11-7-5-6-8-12(11)14(16)18-10-4-2;2*1-2;;/h3,5-8H,1-2,4,9-10H2;2*2H,1H3;1H3;/q-1;;;-1;+2. The van der Waals surface area contributed by atoms with Crippen LogP contribution in [0.2, 0.25) is 0 Å². The number of hydrogen-bond donors (Lipinski definition) is 2. The molecule has 1 aromatic carbocycles. The molecule has 2 N–H and O–H groups in total. The molecule has 7 heteroatoms. The second-order valence-corrected chi connectivity index (χ2v) is 3.42. The van der Waals surface area contributed by atoms with Crippen molar-refractivity contribution in [1.82, 2.24) is 0 Å². The maximum Gasteiger partial charge on any atom is 2.00 e. The van der Waals surface area contributed by atoms with Gasteiger partial charge >= 0.3 is 33.7 Å². The molecule has 0 radical (unpaired) electrons. The number of esters is 2. The van der Waals surface area contributed by atoms with E-state index in [4.69, 9.17) is 19.7 Å². The van der Waals surface area contributed by atoms with Gasteiger partial charge in [0, 0.05) is 14.2 Å². The van der Waals surface area contributed by atoms with Gasteiger partial charge in [0.05, 0.1) is 17.7 Å². The topological polar surface area (TPSA) is 93.1 Å². The summed E-state index contributed by atoms with van der Waals surface area (Å²) >= 11 is 0. The minimum Gasteiger partial charge on any atom is -0.465 e. The molecule has 0 bridgehead atoms. The first-order valence-electron chi connectivity index (χ1n) is 6.43. The molecule has 0 aliphatic rings. The Morgan fingerprint density at radius 1 is 1.08 bits per heavy atom. The van der Waals surface area contributed by atoms with E-state index < -0.39 is 11.9 Å². The summed E-state index contributed by atoms with van der Waals surface area (Å²) in [7, 11) is 2.00. The zero-order chi connectivity index (χ0) is 17.4. The van der Waals surface area contributed by atoms with Gasteiger partial charge in [-0.1, -0.05) is 24.8 Å². The summed E-state index contributed by atoms with van der Waals surface area (Å²) < 4.78 is 9.84. The summed E-state index contributed by atoms with van der Waals surface area (Å²) in [5.41, 5.74) is 0.383. The first-order valence-corrected chi connectivity index (χ1v) is 6.43. The van der Waals surface area contributed by atoms with Crippen molar-refractivity contribution in [1.29, 1.82) is 0 Å². The minimum absolute atomic E-state index is 0. The number of ether oxygens (including phenoxy) is 2. The van der Waals surface area contributed by atoms with E-state index in [0.717, 1.165) is 14.2 Å². The van der Waals surface area contributed by atoms with Crippen LogP contribution in [0.1, 0.15) is 27.1 Å². The van der Waals surface area contributed by atoms with E-state index in [1.165, 1.54) is 18.2 Å². The first kappa shape index (κ1) is 30.4. The van der Waals surface area contributed by atoms with Crippen molar-refractivity contribution in [3.8, 4) is 0 Å². The molecule has 1 aromatic rings. The van der Waals surface area contributed by atoms with Gasteiger partial charge in [0.25, 0.3) is 0 Å². The fraction of sp³-hybridized carbons (Fsp3) is 0.294. The van der Waals surface area contributed by atoms with Gasteiger partial charge in [-0.05, 0) is 12.1 Å². The molecule has 0 amide bonds. The molecule has 0 aromatic heterocycles. The molecule has 0 heterocycles. The number of aliphatic hydroxyl groups is 2. The molecular formula is C17H26O6Ti. The maximum absolute atomic E-state index is 11.7. The number of hydrogen-bond acceptors (Lipinski definition) is 6. The molecule has 6 nitrogen and oxygen atoms in total. The summed E-state index contributed by atoms with van der Waals surface area (Å²) in [6.07, 6.45) is 1.94. The first-order chi connectivity index (χ1) is 10.7. The molecule has 0 atom stereocenters. The van der Waals surface area contributed by atoms with E-state index in [2.05, 4.69) is 13.5 Å². The van der Waals surface area contributed by atoms with Gasteiger partial charge < -0.3 is 34.0 Å². The van der Waals surface area contributed by atoms with Gasteiger partial charge in [-0.25, -0.2) is 9.59 Å². The Balaban J connectivity index is -0.000000309. The normalized spacial score (nSPS) is 7.71. The molecule has 0 saturated heterocycles. The van der Waals surface area contributed by atoms with Crippen molar-refractivity contribution < 1.29 is 51.0 Å². The van der Waals surface area contributed by atoms with Crippen molar-refractivity contribution in [2.45, 2.75) is 6.42 Å². The van der Waals surface area contributed by atoms with Crippen LogP contribution in [0, 0.1) is 14.4 Å². The monoisotopic (exact) mass is 374 g/mol. The van der Waals surface area contributed by atoms with Crippen LogP contribution in [-0.2, 0) is 31.2 Å². The average molecular weight is 374 g/mol. The van der Waals surface area contributed by atoms with Crippen LogP contribution in [0.25, 0.3) is 0 Å². The van der Waals surface area contributed by atoms with Gasteiger partial charge in [0.2, 0.25) is 0 Å². The predicted octanol–water partition coefficient (Wildman–Crippen LogP) is 2.08. The largest absolute Gasteiger partial charge is 2.00 e. The van der Waals surface area contributed by atoms with Crippen LogP contribution in [0.5, 0.6) is 0 Å². The Morgan fingerprint density at radius 3 is 1.88 bits per heavy atom. The van der Waals surface area contributed by atoms with Gasteiger partial charge in [0.1, 0.15) is 6.61 Å². The van der Waals surface area contributed by atoms with Crippen LogP contribution in [0.4, 0.5) is 0 Å². The molecule has 0 aliphatic carbocycles. The summed E-state index contributed by atoms with van der Waals surface area (Å²) in [5, 5.41) is 14.0. The van der Waals surface area contributed by atoms with Crippen LogP contribution >= 0.6 is 0 Å². The summed E-state index contributed by atoms with van der Waals surface area (Å²) in [5.74, 6) is -1.12. The molecule has 134 valence electrons. The Labute approximate surface area is 159 Å². The van der Waals surface area contributed by atoms with Crippen LogP contribution < -0.4 is 0 Å². The third-order valence-corrected chi connectivity index (χ3v) is 2.08. The third-order valence-electron chi connectivity index (χ3n) is 2.08. The van der Waals surface area contributed by atoms with Gasteiger partial charge in [-0.15, -0.1) is 6.42 Å². The van der Waals surface area contributed by atoms with Crippen LogP contribution in [0.15, 0.2) is 36.9 Å². The third kappa shape index (κ3) is 12.0. The quantitative estimate of drug-likeness (QED) is 0.343. The Kier molecular flexibility index (Phi) is 27.3. The molecule has 0 spiro atoms. The van der Waals surface area contributed by atoms with Gasteiger partial charge in [0.15, 0.2) is 0 Å². The average Bonchev–Trinajstić information content (AvgIpc) is 2.61. The number of benzene rings is 1. The molecule has 0 unspecified atom stereocenters. The van der Waals surface area contributed by atoms with Gasteiger partial charge in [-0.2, -0.15) is 0 Å². The summed E-state index contributed by atoms with van der Waals surface area (Å²) in [6, 6.07) is 6.36. The maximum atomic E-state index is 11.7. The summed E-state index contributed by atoms with van der Waals surface area (Å²) in [4.78, 5) is 23.4. The van der Waals surface area contributed by atoms with E-state index in [0.29, 0.717) is 6.42 Å². The Hall–Kier alpha value is -1.47. The SMILES string of the molecule is C=CCOC(=O)c1ccccc1C(=O)OCC[CH2-].CO.CO.[CH3-].[Ti+2]. The molecule has 0 fully saturated rings. The van der Waals surface area contributed by atoms with Gasteiger partial charge in [-0.3, -0.25) is 0 Å². The van der Waals surface area contributed by atoms with Crippen molar-refractivity contribution in [2.24, 2.45) is 0 Å².